The van der Waals surface area contributed by atoms with Crippen LogP contribution in [0, 0.1) is 18.7 Å². The number of pyridine rings is 1. The molecule has 4 rings (SSSR count). The fourth-order valence-corrected chi connectivity index (χ4v) is 2.91. The quantitative estimate of drug-likeness (QED) is 0.730. The number of fused-ring (bicyclic) bond motifs is 1. The highest BCUT2D eigenvalue weighted by molar-refractivity contribution is 5.70. The minimum Gasteiger partial charge on any atom is -0.286 e. The van der Waals surface area contributed by atoms with E-state index >= 15 is 0 Å². The molecule has 23 heavy (non-hydrogen) atoms. The molecule has 1 aliphatic rings. The van der Waals surface area contributed by atoms with Gasteiger partial charge >= 0.3 is 0 Å². The molecule has 1 atom stereocenters. The van der Waals surface area contributed by atoms with Crippen LogP contribution in [0.4, 0.5) is 13.2 Å². The summed E-state index contributed by atoms with van der Waals surface area (Å²) in [5, 5.41) is 8.11. The molecule has 3 nitrogen and oxygen atoms in total. The number of halogens is 3. The van der Waals surface area contributed by atoms with Gasteiger partial charge in [-0.15, -0.1) is 10.2 Å². The summed E-state index contributed by atoms with van der Waals surface area (Å²) in [4.78, 5) is 0. The highest BCUT2D eigenvalue weighted by atomic mass is 19.3. The maximum atomic E-state index is 13.2. The van der Waals surface area contributed by atoms with Gasteiger partial charge in [-0.05, 0) is 47.9 Å². The van der Waals surface area contributed by atoms with Crippen LogP contribution in [0.3, 0.4) is 0 Å². The molecule has 2 heterocycles. The Kier molecular flexibility index (Phi) is 2.98. The van der Waals surface area contributed by atoms with Gasteiger partial charge in [0.05, 0.1) is 0 Å². The molecule has 0 spiro atoms. The molecule has 2 aromatic heterocycles. The molecule has 0 bridgehead atoms. The lowest BCUT2D eigenvalue weighted by Gasteiger charge is -2.07. The molecule has 1 aliphatic carbocycles. The first-order chi connectivity index (χ1) is 10.9. The summed E-state index contributed by atoms with van der Waals surface area (Å²) in [6, 6.07) is 8.31. The molecule has 0 amide bonds. The largest absolute Gasteiger partial charge is 0.286 e. The van der Waals surface area contributed by atoms with Crippen LogP contribution in [0.15, 0.2) is 36.5 Å². The van der Waals surface area contributed by atoms with Crippen molar-refractivity contribution in [1.82, 2.24) is 14.6 Å². The van der Waals surface area contributed by atoms with Crippen LogP contribution in [0.5, 0.6) is 0 Å². The lowest BCUT2D eigenvalue weighted by molar-refractivity contribution is 0.0984. The second-order valence-electron chi connectivity index (χ2n) is 6.09. The Hall–Kier alpha value is -2.37. The van der Waals surface area contributed by atoms with E-state index in [1.807, 2.05) is 19.1 Å². The van der Waals surface area contributed by atoms with Crippen molar-refractivity contribution in [2.75, 3.05) is 0 Å². The van der Waals surface area contributed by atoms with Crippen molar-refractivity contribution in [1.29, 1.82) is 0 Å². The second-order valence-corrected chi connectivity index (χ2v) is 6.09. The zero-order valence-electron chi connectivity index (χ0n) is 12.4. The summed E-state index contributed by atoms with van der Waals surface area (Å²) in [6.45, 7) is 1.84. The highest BCUT2D eigenvalue weighted by Crippen LogP contribution is 2.50. The van der Waals surface area contributed by atoms with Crippen LogP contribution in [0.2, 0.25) is 0 Å². The van der Waals surface area contributed by atoms with Crippen molar-refractivity contribution >= 4 is 5.65 Å². The van der Waals surface area contributed by atoms with Gasteiger partial charge in [0.15, 0.2) is 5.65 Å². The Labute approximate surface area is 130 Å². The third kappa shape index (κ3) is 2.48. The van der Waals surface area contributed by atoms with Gasteiger partial charge < -0.3 is 0 Å². The van der Waals surface area contributed by atoms with Crippen molar-refractivity contribution < 1.29 is 13.2 Å². The molecule has 1 fully saturated rings. The van der Waals surface area contributed by atoms with Gasteiger partial charge in [0, 0.05) is 25.0 Å². The minimum absolute atomic E-state index is 0.0746. The lowest BCUT2D eigenvalue weighted by Crippen LogP contribution is -2.02. The summed E-state index contributed by atoms with van der Waals surface area (Å²) in [5.74, 6) is -2.92. The van der Waals surface area contributed by atoms with Crippen LogP contribution in [-0.4, -0.2) is 20.5 Å². The third-order valence-electron chi connectivity index (χ3n) is 4.36. The van der Waals surface area contributed by atoms with Gasteiger partial charge in [0.25, 0.3) is 5.92 Å². The number of rotatable bonds is 3. The average Bonchev–Trinajstić information content (AvgIpc) is 2.91. The Bertz CT molecular complexity index is 901. The van der Waals surface area contributed by atoms with Crippen molar-refractivity contribution in [3.05, 3.63) is 53.7 Å². The number of benzene rings is 1. The standard InChI is InChI=1S/C17H14F3N3/c1-10-6-13(18)2-3-14(10)11-4-5-23-15(7-11)21-22-16(23)8-12-9-17(12,19)20/h2-7,12H,8-9H2,1H3. The number of hydrogen-bond acceptors (Lipinski definition) is 2. The Balaban J connectivity index is 1.69. The first kappa shape index (κ1) is 14.2. The average molecular weight is 317 g/mol. The summed E-state index contributed by atoms with van der Waals surface area (Å²) >= 11 is 0. The first-order valence-corrected chi connectivity index (χ1v) is 7.42. The molecule has 0 N–H and O–H groups in total. The van der Waals surface area contributed by atoms with E-state index in [4.69, 9.17) is 0 Å². The van der Waals surface area contributed by atoms with Crippen molar-refractivity contribution in [3.8, 4) is 11.1 Å². The van der Waals surface area contributed by atoms with Crippen LogP contribution >= 0.6 is 0 Å². The van der Waals surface area contributed by atoms with Gasteiger partial charge in [-0.2, -0.15) is 0 Å². The van der Waals surface area contributed by atoms with E-state index < -0.39 is 11.8 Å². The molecular formula is C17H14F3N3. The second kappa shape index (κ2) is 4.81. The topological polar surface area (TPSA) is 30.2 Å². The number of alkyl halides is 2. The van der Waals surface area contributed by atoms with Crippen molar-refractivity contribution in [3.63, 3.8) is 0 Å². The van der Waals surface area contributed by atoms with Crippen molar-refractivity contribution in [2.45, 2.75) is 25.7 Å². The molecular weight excluding hydrogens is 303 g/mol. The van der Waals surface area contributed by atoms with Gasteiger partial charge in [0.1, 0.15) is 11.6 Å². The van der Waals surface area contributed by atoms with Crippen molar-refractivity contribution in [2.24, 2.45) is 5.92 Å². The summed E-state index contributed by atoms with van der Waals surface area (Å²) < 4.78 is 41.1. The minimum atomic E-state index is -2.56. The SMILES string of the molecule is Cc1cc(F)ccc1-c1ccn2c(CC3CC3(F)F)nnc2c1. The zero-order valence-corrected chi connectivity index (χ0v) is 12.4. The van der Waals surface area contributed by atoms with E-state index in [1.54, 1.807) is 16.7 Å². The third-order valence-corrected chi connectivity index (χ3v) is 4.36. The molecule has 1 unspecified atom stereocenters. The molecule has 0 saturated heterocycles. The Morgan fingerprint density at radius 1 is 1.22 bits per heavy atom. The molecule has 1 aromatic carbocycles. The van der Waals surface area contributed by atoms with Gasteiger partial charge in [0.2, 0.25) is 0 Å². The van der Waals surface area contributed by atoms with Gasteiger partial charge in [-0.25, -0.2) is 13.2 Å². The molecule has 1 saturated carbocycles. The van der Waals surface area contributed by atoms with Gasteiger partial charge in [-0.3, -0.25) is 4.40 Å². The molecule has 118 valence electrons. The maximum Gasteiger partial charge on any atom is 0.252 e. The number of nitrogens with zero attached hydrogens (tertiary/aromatic N) is 3. The van der Waals surface area contributed by atoms with Crippen LogP contribution in [0.25, 0.3) is 16.8 Å². The smallest absolute Gasteiger partial charge is 0.252 e. The monoisotopic (exact) mass is 317 g/mol. The number of hydrogen-bond donors (Lipinski definition) is 0. The molecule has 6 heteroatoms. The lowest BCUT2D eigenvalue weighted by atomic mass is 10.0. The fourth-order valence-electron chi connectivity index (χ4n) is 2.91. The fraction of sp³-hybridized carbons (Fsp3) is 0.294. The van der Waals surface area contributed by atoms with E-state index in [0.717, 1.165) is 16.7 Å². The van der Waals surface area contributed by atoms with E-state index in [2.05, 4.69) is 10.2 Å². The summed E-state index contributed by atoms with van der Waals surface area (Å²) in [5.41, 5.74) is 3.23. The van der Waals surface area contributed by atoms with Crippen LogP contribution < -0.4 is 0 Å². The molecule has 0 aliphatic heterocycles. The summed E-state index contributed by atoms with van der Waals surface area (Å²) in [6.07, 6.45) is 1.93. The van der Waals surface area contributed by atoms with Gasteiger partial charge in [-0.1, -0.05) is 6.07 Å². The summed E-state index contributed by atoms with van der Waals surface area (Å²) in [7, 11) is 0. The highest BCUT2D eigenvalue weighted by Gasteiger charge is 2.56. The predicted molar refractivity (Wildman–Crippen MR) is 79.9 cm³/mol. The molecule has 0 radical (unpaired) electrons. The Morgan fingerprint density at radius 3 is 2.70 bits per heavy atom. The molecule has 3 aromatic rings. The maximum absolute atomic E-state index is 13.2. The van der Waals surface area contributed by atoms with E-state index in [9.17, 15) is 13.2 Å². The van der Waals surface area contributed by atoms with Crippen LogP contribution in [0.1, 0.15) is 17.8 Å². The Morgan fingerprint density at radius 2 is 2.00 bits per heavy atom. The zero-order chi connectivity index (χ0) is 16.2. The number of aryl methyl sites for hydroxylation is 1. The number of aromatic nitrogens is 3. The van der Waals surface area contributed by atoms with E-state index in [-0.39, 0.29) is 18.7 Å². The van der Waals surface area contributed by atoms with E-state index in [1.165, 1.54) is 12.1 Å². The normalized spacial score (nSPS) is 19.2. The van der Waals surface area contributed by atoms with Crippen LogP contribution in [-0.2, 0) is 6.42 Å². The van der Waals surface area contributed by atoms with E-state index in [0.29, 0.717) is 11.5 Å². The first-order valence-electron chi connectivity index (χ1n) is 7.42. The predicted octanol–water partition coefficient (Wildman–Crippen LogP) is 4.04.